The zero-order chi connectivity index (χ0) is 14.5. The predicted molar refractivity (Wildman–Crippen MR) is 85.0 cm³/mol. The van der Waals surface area contributed by atoms with Crippen LogP contribution in [-0.4, -0.2) is 35.7 Å². The molecule has 3 nitrogen and oxygen atoms in total. The van der Waals surface area contributed by atoms with Gasteiger partial charge in [0.25, 0.3) is 0 Å². The minimum absolute atomic E-state index is 0.227. The molecular formula is C16H24N2OS. The van der Waals surface area contributed by atoms with Gasteiger partial charge in [0.05, 0.1) is 5.75 Å². The Bertz CT molecular complexity index is 476. The van der Waals surface area contributed by atoms with Gasteiger partial charge in [-0.05, 0) is 44.7 Å². The maximum absolute atomic E-state index is 12.4. The fourth-order valence-corrected chi connectivity index (χ4v) is 3.65. The van der Waals surface area contributed by atoms with Crippen LogP contribution in [0.1, 0.15) is 30.4 Å². The molecule has 2 N–H and O–H groups in total. The van der Waals surface area contributed by atoms with Gasteiger partial charge in [-0.2, -0.15) is 0 Å². The number of aryl methyl sites for hydroxylation is 2. The summed E-state index contributed by atoms with van der Waals surface area (Å²) in [5, 5.41) is 0. The van der Waals surface area contributed by atoms with Gasteiger partial charge in [0.1, 0.15) is 0 Å². The second-order valence-electron chi connectivity index (χ2n) is 5.53. The summed E-state index contributed by atoms with van der Waals surface area (Å²) in [7, 11) is 0. The second-order valence-corrected chi connectivity index (χ2v) is 6.55. The van der Waals surface area contributed by atoms with Gasteiger partial charge in [-0.15, -0.1) is 11.8 Å². The summed E-state index contributed by atoms with van der Waals surface area (Å²) < 4.78 is 0. The molecule has 1 fully saturated rings. The maximum atomic E-state index is 12.4. The smallest absolute Gasteiger partial charge is 0.233 e. The Morgan fingerprint density at radius 2 is 2.20 bits per heavy atom. The first-order valence-electron chi connectivity index (χ1n) is 7.31. The third-order valence-electron chi connectivity index (χ3n) is 3.90. The largest absolute Gasteiger partial charge is 0.338 e. The van der Waals surface area contributed by atoms with Crippen molar-refractivity contribution in [3.63, 3.8) is 0 Å². The average molecular weight is 292 g/mol. The van der Waals surface area contributed by atoms with Gasteiger partial charge < -0.3 is 10.6 Å². The summed E-state index contributed by atoms with van der Waals surface area (Å²) in [6.07, 6.45) is 3.35. The number of benzene rings is 1. The third kappa shape index (κ3) is 3.76. The highest BCUT2D eigenvalue weighted by atomic mass is 32.2. The zero-order valence-corrected chi connectivity index (χ0v) is 13.2. The van der Waals surface area contributed by atoms with Crippen molar-refractivity contribution in [1.82, 2.24) is 4.90 Å². The first kappa shape index (κ1) is 15.4. The molecule has 4 heteroatoms. The van der Waals surface area contributed by atoms with E-state index in [-0.39, 0.29) is 11.9 Å². The fraction of sp³-hybridized carbons (Fsp3) is 0.562. The molecule has 0 aliphatic carbocycles. The number of carbonyl (C=O) groups is 1. The topological polar surface area (TPSA) is 46.3 Å². The van der Waals surface area contributed by atoms with Crippen LogP contribution in [0.2, 0.25) is 0 Å². The summed E-state index contributed by atoms with van der Waals surface area (Å²) in [6, 6.07) is 6.62. The number of nitrogens with zero attached hydrogens (tertiary/aromatic N) is 1. The number of hydrogen-bond acceptors (Lipinski definition) is 3. The minimum atomic E-state index is 0.227. The molecule has 0 aromatic heterocycles. The van der Waals surface area contributed by atoms with Crippen molar-refractivity contribution >= 4 is 17.7 Å². The lowest BCUT2D eigenvalue weighted by Crippen LogP contribution is -2.48. The third-order valence-corrected chi connectivity index (χ3v) is 5.06. The fourth-order valence-electron chi connectivity index (χ4n) is 2.76. The Morgan fingerprint density at radius 3 is 2.90 bits per heavy atom. The molecule has 110 valence electrons. The van der Waals surface area contributed by atoms with E-state index in [1.54, 1.807) is 11.8 Å². The number of hydrogen-bond donors (Lipinski definition) is 1. The van der Waals surface area contributed by atoms with Crippen molar-refractivity contribution < 1.29 is 4.79 Å². The minimum Gasteiger partial charge on any atom is -0.338 e. The quantitative estimate of drug-likeness (QED) is 0.868. The highest BCUT2D eigenvalue weighted by molar-refractivity contribution is 8.00. The molecule has 0 unspecified atom stereocenters. The van der Waals surface area contributed by atoms with Crippen LogP contribution in [-0.2, 0) is 4.79 Å². The van der Waals surface area contributed by atoms with Crippen molar-refractivity contribution in [2.24, 2.45) is 5.73 Å². The first-order valence-corrected chi connectivity index (χ1v) is 8.30. The molecule has 1 aromatic rings. The predicted octanol–water partition coefficient (Wildman–Crippen LogP) is 2.74. The van der Waals surface area contributed by atoms with Crippen LogP contribution in [0.25, 0.3) is 0 Å². The molecule has 2 rings (SSSR count). The van der Waals surface area contributed by atoms with Crippen molar-refractivity contribution in [2.75, 3.05) is 18.8 Å². The summed E-state index contributed by atoms with van der Waals surface area (Å²) >= 11 is 1.64. The van der Waals surface area contributed by atoms with Crippen molar-refractivity contribution in [2.45, 2.75) is 44.0 Å². The lowest BCUT2D eigenvalue weighted by Gasteiger charge is -2.35. The van der Waals surface area contributed by atoms with Gasteiger partial charge in [-0.1, -0.05) is 17.7 Å². The Kier molecular flexibility index (Phi) is 5.49. The maximum Gasteiger partial charge on any atom is 0.233 e. The number of carbonyl (C=O) groups excluding carboxylic acids is 1. The monoisotopic (exact) mass is 292 g/mol. The van der Waals surface area contributed by atoms with Crippen LogP contribution >= 0.6 is 11.8 Å². The Balaban J connectivity index is 1.94. The molecule has 1 aliphatic rings. The van der Waals surface area contributed by atoms with E-state index in [2.05, 4.69) is 32.0 Å². The number of nitrogens with two attached hydrogens (primary N) is 1. The van der Waals surface area contributed by atoms with Gasteiger partial charge in [0.15, 0.2) is 0 Å². The molecule has 1 amide bonds. The van der Waals surface area contributed by atoms with Gasteiger partial charge >= 0.3 is 0 Å². The summed E-state index contributed by atoms with van der Waals surface area (Å²) in [5.41, 5.74) is 8.29. The highest BCUT2D eigenvalue weighted by Crippen LogP contribution is 2.25. The SMILES string of the molecule is Cc1ccc(SCC(=O)N2CCCC[C@@H]2CN)c(C)c1. The normalized spacial score (nSPS) is 19.1. The van der Waals surface area contributed by atoms with Crippen LogP contribution in [0.15, 0.2) is 23.1 Å². The lowest BCUT2D eigenvalue weighted by molar-refractivity contribution is -0.131. The number of amides is 1. The van der Waals surface area contributed by atoms with E-state index in [0.29, 0.717) is 12.3 Å². The molecule has 1 saturated heterocycles. The molecular weight excluding hydrogens is 268 g/mol. The van der Waals surface area contributed by atoms with Crippen molar-refractivity contribution in [3.8, 4) is 0 Å². The van der Waals surface area contributed by atoms with E-state index < -0.39 is 0 Å². The highest BCUT2D eigenvalue weighted by Gasteiger charge is 2.25. The summed E-state index contributed by atoms with van der Waals surface area (Å²) in [4.78, 5) is 15.6. The van der Waals surface area contributed by atoms with Crippen LogP contribution in [0, 0.1) is 13.8 Å². The molecule has 20 heavy (non-hydrogen) atoms. The van der Waals surface area contributed by atoms with Crippen LogP contribution in [0.4, 0.5) is 0 Å². The van der Waals surface area contributed by atoms with E-state index in [0.717, 1.165) is 19.4 Å². The number of thioether (sulfide) groups is 1. The molecule has 0 spiro atoms. The van der Waals surface area contributed by atoms with E-state index in [1.807, 2.05) is 4.90 Å². The molecule has 0 saturated carbocycles. The average Bonchev–Trinajstić information content (AvgIpc) is 2.46. The molecule has 1 heterocycles. The lowest BCUT2D eigenvalue weighted by atomic mass is 10.0. The van der Waals surface area contributed by atoms with Gasteiger partial charge in [-0.25, -0.2) is 0 Å². The Morgan fingerprint density at radius 1 is 1.40 bits per heavy atom. The first-order chi connectivity index (χ1) is 9.61. The second kappa shape index (κ2) is 7.14. The van der Waals surface area contributed by atoms with Crippen molar-refractivity contribution in [1.29, 1.82) is 0 Å². The number of likely N-dealkylation sites (tertiary alicyclic amines) is 1. The van der Waals surface area contributed by atoms with E-state index in [1.165, 1.54) is 22.4 Å². The molecule has 0 bridgehead atoms. The Hall–Kier alpha value is -1.00. The van der Waals surface area contributed by atoms with E-state index >= 15 is 0 Å². The van der Waals surface area contributed by atoms with Gasteiger partial charge in [-0.3, -0.25) is 4.79 Å². The molecule has 1 aliphatic heterocycles. The standard InChI is InChI=1S/C16H24N2OS/c1-12-6-7-15(13(2)9-12)20-11-16(19)18-8-4-3-5-14(18)10-17/h6-7,9,14H,3-5,8,10-11,17H2,1-2H3/t14-/m1/s1. The molecule has 1 atom stereocenters. The Labute approximate surface area is 125 Å². The van der Waals surface area contributed by atoms with Gasteiger partial charge in [0.2, 0.25) is 5.91 Å². The van der Waals surface area contributed by atoms with Crippen molar-refractivity contribution in [3.05, 3.63) is 29.3 Å². The number of rotatable bonds is 4. The summed E-state index contributed by atoms with van der Waals surface area (Å²) in [5.74, 6) is 0.741. The molecule has 0 radical (unpaired) electrons. The van der Waals surface area contributed by atoms with Crippen LogP contribution in [0.5, 0.6) is 0 Å². The summed E-state index contributed by atoms with van der Waals surface area (Å²) in [6.45, 7) is 5.64. The van der Waals surface area contributed by atoms with E-state index in [4.69, 9.17) is 5.73 Å². The van der Waals surface area contributed by atoms with Crippen LogP contribution in [0.3, 0.4) is 0 Å². The zero-order valence-electron chi connectivity index (χ0n) is 12.4. The van der Waals surface area contributed by atoms with Gasteiger partial charge in [0, 0.05) is 24.0 Å². The van der Waals surface area contributed by atoms with E-state index in [9.17, 15) is 4.79 Å². The number of piperidine rings is 1. The van der Waals surface area contributed by atoms with Crippen LogP contribution < -0.4 is 5.73 Å². The molecule has 1 aromatic carbocycles.